The van der Waals surface area contributed by atoms with Crippen LogP contribution in [0.2, 0.25) is 10.0 Å². The Morgan fingerprint density at radius 2 is 1.94 bits per heavy atom. The fraction of sp³-hybridized carbons (Fsp3) is 0.250. The fourth-order valence-corrected chi connectivity index (χ4v) is 4.49. The van der Waals surface area contributed by atoms with Crippen LogP contribution in [0.1, 0.15) is 33.5 Å². The molecular weight excluding hydrogens is 526 g/mol. The van der Waals surface area contributed by atoms with Gasteiger partial charge in [0.05, 0.1) is 5.71 Å². The SMILES string of the molecule is Cc1cc(C2=NOC(c3cc(Cl)cc(Cl)c3)(C(F)(F)F)C2)ccc1C(=O)NCC1=CNC(Cl)C=C1. The van der Waals surface area contributed by atoms with Gasteiger partial charge in [-0.2, -0.15) is 13.2 Å². The first-order valence-electron chi connectivity index (χ1n) is 10.4. The molecule has 0 saturated carbocycles. The number of dihydropyridines is 1. The van der Waals surface area contributed by atoms with Crippen molar-refractivity contribution < 1.29 is 22.8 Å². The second kappa shape index (κ2) is 9.76. The monoisotopic (exact) mass is 543 g/mol. The molecule has 0 bridgehead atoms. The van der Waals surface area contributed by atoms with Crippen molar-refractivity contribution in [3.8, 4) is 0 Å². The van der Waals surface area contributed by atoms with E-state index >= 15 is 0 Å². The Balaban J connectivity index is 1.52. The molecule has 4 rings (SSSR count). The average Bonchev–Trinajstić information content (AvgIpc) is 3.25. The maximum Gasteiger partial charge on any atom is 0.435 e. The summed E-state index contributed by atoms with van der Waals surface area (Å²) < 4.78 is 42.6. The third-order valence-electron chi connectivity index (χ3n) is 5.68. The Labute approximate surface area is 214 Å². The minimum Gasteiger partial charge on any atom is -0.374 e. The second-order valence-corrected chi connectivity index (χ2v) is 9.49. The van der Waals surface area contributed by atoms with Crippen LogP contribution >= 0.6 is 34.8 Å². The van der Waals surface area contributed by atoms with E-state index in [2.05, 4.69) is 15.8 Å². The van der Waals surface area contributed by atoms with Crippen molar-refractivity contribution in [3.05, 3.63) is 92.6 Å². The first kappa shape index (κ1) is 25.4. The van der Waals surface area contributed by atoms with E-state index in [4.69, 9.17) is 39.6 Å². The third-order valence-corrected chi connectivity index (χ3v) is 6.39. The molecular formula is C24H19Cl3F3N3O2. The lowest BCUT2D eigenvalue weighted by Crippen LogP contribution is -2.42. The molecule has 2 atom stereocenters. The van der Waals surface area contributed by atoms with Crippen LogP contribution < -0.4 is 10.6 Å². The lowest BCUT2D eigenvalue weighted by molar-refractivity contribution is -0.275. The van der Waals surface area contributed by atoms with Gasteiger partial charge >= 0.3 is 6.18 Å². The minimum absolute atomic E-state index is 0.0529. The van der Waals surface area contributed by atoms with E-state index in [1.165, 1.54) is 6.07 Å². The molecule has 11 heteroatoms. The highest BCUT2D eigenvalue weighted by Crippen LogP contribution is 2.49. The highest BCUT2D eigenvalue weighted by molar-refractivity contribution is 6.34. The molecule has 0 aromatic heterocycles. The summed E-state index contributed by atoms with van der Waals surface area (Å²) >= 11 is 17.8. The molecule has 184 valence electrons. The molecule has 2 unspecified atom stereocenters. The molecule has 5 nitrogen and oxygen atoms in total. The maximum atomic E-state index is 14.2. The number of carbonyl (C=O) groups is 1. The summed E-state index contributed by atoms with van der Waals surface area (Å²) in [5.41, 5.74) is -0.954. The van der Waals surface area contributed by atoms with Crippen LogP contribution in [0.4, 0.5) is 13.2 Å². The van der Waals surface area contributed by atoms with Gasteiger partial charge in [-0.05, 0) is 60.0 Å². The van der Waals surface area contributed by atoms with E-state index in [0.717, 1.165) is 17.7 Å². The summed E-state index contributed by atoms with van der Waals surface area (Å²) in [4.78, 5) is 17.7. The number of hydrogen-bond acceptors (Lipinski definition) is 4. The van der Waals surface area contributed by atoms with Gasteiger partial charge in [0, 0.05) is 40.3 Å². The zero-order valence-corrected chi connectivity index (χ0v) is 20.5. The molecule has 1 amide bonds. The molecule has 0 spiro atoms. The molecule has 2 aromatic rings. The average molecular weight is 545 g/mol. The maximum absolute atomic E-state index is 14.2. The smallest absolute Gasteiger partial charge is 0.374 e. The van der Waals surface area contributed by atoms with Crippen molar-refractivity contribution in [1.82, 2.24) is 10.6 Å². The first-order valence-corrected chi connectivity index (χ1v) is 11.6. The number of hydrogen-bond donors (Lipinski definition) is 2. The van der Waals surface area contributed by atoms with Crippen molar-refractivity contribution in [3.63, 3.8) is 0 Å². The summed E-state index contributed by atoms with van der Waals surface area (Å²) in [5, 5.41) is 9.60. The third kappa shape index (κ3) is 5.29. The first-order chi connectivity index (χ1) is 16.5. The molecule has 35 heavy (non-hydrogen) atoms. The van der Waals surface area contributed by atoms with Crippen molar-refractivity contribution in [2.75, 3.05) is 6.54 Å². The summed E-state index contributed by atoms with van der Waals surface area (Å²) in [6.45, 7) is 1.98. The van der Waals surface area contributed by atoms with Crippen LogP contribution in [-0.2, 0) is 10.4 Å². The van der Waals surface area contributed by atoms with E-state index in [9.17, 15) is 18.0 Å². The normalized spacial score (nSPS) is 21.6. The number of oxime groups is 1. The van der Waals surface area contributed by atoms with Gasteiger partial charge in [0.15, 0.2) is 0 Å². The van der Waals surface area contributed by atoms with Gasteiger partial charge in [-0.15, -0.1) is 0 Å². The summed E-state index contributed by atoms with van der Waals surface area (Å²) in [5.74, 6) is -0.320. The molecule has 0 radical (unpaired) electrons. The van der Waals surface area contributed by atoms with Gasteiger partial charge in [0.25, 0.3) is 11.5 Å². The Kier molecular flexibility index (Phi) is 7.09. The molecule has 2 aromatic carbocycles. The molecule has 0 aliphatic carbocycles. The minimum atomic E-state index is -4.79. The molecule has 0 saturated heterocycles. The topological polar surface area (TPSA) is 62.7 Å². The molecule has 2 aliphatic heterocycles. The number of aryl methyl sites for hydroxylation is 1. The molecule has 0 fully saturated rings. The van der Waals surface area contributed by atoms with Crippen LogP contribution in [0.3, 0.4) is 0 Å². The number of halogens is 6. The highest BCUT2D eigenvalue weighted by atomic mass is 35.5. The summed E-state index contributed by atoms with van der Waals surface area (Å²) in [6, 6.07) is 8.36. The van der Waals surface area contributed by atoms with E-state index in [-0.39, 0.29) is 39.3 Å². The standard InChI is InChI=1S/C24H19Cl3F3N3O2/c1-13-6-15(3-4-19(13)22(34)32-12-14-2-5-21(27)31-11-14)20-10-23(35-33-20,24(28,29)30)16-7-17(25)9-18(26)8-16/h2-9,11,21,31H,10,12H2,1H3,(H,32,34). The van der Waals surface area contributed by atoms with Crippen LogP contribution in [0.5, 0.6) is 0 Å². The van der Waals surface area contributed by atoms with Crippen LogP contribution in [0.15, 0.2) is 65.5 Å². The lowest BCUT2D eigenvalue weighted by atomic mass is 9.86. The van der Waals surface area contributed by atoms with Gasteiger partial charge in [0.2, 0.25) is 0 Å². The van der Waals surface area contributed by atoms with Gasteiger partial charge in [-0.25, -0.2) is 0 Å². The van der Waals surface area contributed by atoms with Crippen molar-refractivity contribution >= 4 is 46.4 Å². The van der Waals surface area contributed by atoms with E-state index in [1.807, 2.05) is 6.08 Å². The van der Waals surface area contributed by atoms with Crippen LogP contribution in [-0.4, -0.2) is 29.8 Å². The van der Waals surface area contributed by atoms with Crippen molar-refractivity contribution in [2.45, 2.75) is 30.6 Å². The van der Waals surface area contributed by atoms with E-state index < -0.39 is 18.2 Å². The number of nitrogens with zero attached hydrogens (tertiary/aromatic N) is 1. The Bertz CT molecular complexity index is 1240. The Morgan fingerprint density at radius 3 is 2.54 bits per heavy atom. The zero-order chi connectivity index (χ0) is 25.4. The van der Waals surface area contributed by atoms with E-state index in [1.54, 1.807) is 37.4 Å². The van der Waals surface area contributed by atoms with E-state index in [0.29, 0.717) is 16.7 Å². The quantitative estimate of drug-likeness (QED) is 0.347. The van der Waals surface area contributed by atoms with Crippen LogP contribution in [0.25, 0.3) is 0 Å². The predicted octanol–water partition coefficient (Wildman–Crippen LogP) is 6.22. The van der Waals surface area contributed by atoms with Crippen molar-refractivity contribution in [1.29, 1.82) is 0 Å². The van der Waals surface area contributed by atoms with Gasteiger partial charge in [-0.3, -0.25) is 4.79 Å². The predicted molar refractivity (Wildman–Crippen MR) is 130 cm³/mol. The van der Waals surface area contributed by atoms with Gasteiger partial charge in [-0.1, -0.05) is 52.1 Å². The van der Waals surface area contributed by atoms with Crippen molar-refractivity contribution in [2.24, 2.45) is 5.16 Å². The number of alkyl halides is 4. The number of rotatable bonds is 5. The Morgan fingerprint density at radius 1 is 1.23 bits per heavy atom. The summed E-state index contributed by atoms with van der Waals surface area (Å²) in [7, 11) is 0. The summed E-state index contributed by atoms with van der Waals surface area (Å²) in [6.07, 6.45) is -0.0878. The Hall–Kier alpha value is -2.68. The fourth-order valence-electron chi connectivity index (χ4n) is 3.83. The number of nitrogens with one attached hydrogen (secondary N) is 2. The number of benzene rings is 2. The number of amides is 1. The molecule has 2 aliphatic rings. The number of carbonyl (C=O) groups excluding carboxylic acids is 1. The van der Waals surface area contributed by atoms with Gasteiger partial charge in [0.1, 0.15) is 5.50 Å². The highest BCUT2D eigenvalue weighted by Gasteiger charge is 2.62. The van der Waals surface area contributed by atoms with Gasteiger partial charge < -0.3 is 15.5 Å². The molecule has 2 N–H and O–H groups in total. The van der Waals surface area contributed by atoms with Crippen LogP contribution in [0, 0.1) is 6.92 Å². The largest absolute Gasteiger partial charge is 0.435 e. The zero-order valence-electron chi connectivity index (χ0n) is 18.2. The lowest BCUT2D eigenvalue weighted by Gasteiger charge is -2.29. The second-order valence-electron chi connectivity index (χ2n) is 8.15. The molecule has 2 heterocycles.